The molecule has 100 valence electrons. The second kappa shape index (κ2) is 6.55. The van der Waals surface area contributed by atoms with Gasteiger partial charge in [-0.05, 0) is 48.9 Å². The Morgan fingerprint density at radius 3 is 3.06 bits per heavy atom. The minimum absolute atomic E-state index is 0.147. The highest BCUT2D eigenvalue weighted by atomic mass is 79.9. The maximum Gasteiger partial charge on any atom is 0.119 e. The molecule has 1 saturated heterocycles. The molecule has 2 N–H and O–H groups in total. The van der Waals surface area contributed by atoms with Crippen LogP contribution < -0.4 is 10.5 Å². The second-order valence-electron chi connectivity index (χ2n) is 4.80. The van der Waals surface area contributed by atoms with Crippen molar-refractivity contribution in [1.29, 1.82) is 0 Å². The fraction of sp³-hybridized carbons (Fsp3) is 0.571. The Kier molecular flexibility index (Phi) is 5.03. The Hall–Kier alpha value is -0.580. The monoisotopic (exact) mass is 313 g/mol. The maximum atomic E-state index is 6.30. The first-order valence-electron chi connectivity index (χ1n) is 6.36. The van der Waals surface area contributed by atoms with Crippen molar-refractivity contribution in [3.8, 4) is 5.75 Å². The van der Waals surface area contributed by atoms with Gasteiger partial charge >= 0.3 is 0 Å². The molecule has 1 fully saturated rings. The van der Waals surface area contributed by atoms with Crippen LogP contribution in [0.1, 0.15) is 18.4 Å². The van der Waals surface area contributed by atoms with Gasteiger partial charge in [-0.15, -0.1) is 0 Å². The van der Waals surface area contributed by atoms with Crippen LogP contribution in [0, 0.1) is 5.92 Å². The largest absolute Gasteiger partial charge is 0.497 e. The van der Waals surface area contributed by atoms with Crippen molar-refractivity contribution in [2.24, 2.45) is 11.7 Å². The van der Waals surface area contributed by atoms with E-state index in [0.717, 1.165) is 36.3 Å². The predicted molar refractivity (Wildman–Crippen MR) is 75.9 cm³/mol. The van der Waals surface area contributed by atoms with Gasteiger partial charge in [-0.3, -0.25) is 0 Å². The average Bonchev–Trinajstić information content (AvgIpc) is 2.42. The van der Waals surface area contributed by atoms with Gasteiger partial charge in [0, 0.05) is 17.1 Å². The van der Waals surface area contributed by atoms with Gasteiger partial charge in [0.05, 0.1) is 13.7 Å². The molecule has 1 aromatic rings. The number of benzene rings is 1. The molecule has 2 rings (SSSR count). The van der Waals surface area contributed by atoms with Crippen LogP contribution in [0.4, 0.5) is 0 Å². The van der Waals surface area contributed by atoms with E-state index in [1.54, 1.807) is 7.11 Å². The maximum absolute atomic E-state index is 6.30. The summed E-state index contributed by atoms with van der Waals surface area (Å²) in [5.74, 6) is 1.34. The van der Waals surface area contributed by atoms with E-state index in [2.05, 4.69) is 15.9 Å². The zero-order chi connectivity index (χ0) is 13.0. The highest BCUT2D eigenvalue weighted by Gasteiger charge is 2.22. The molecule has 0 radical (unpaired) electrons. The van der Waals surface area contributed by atoms with E-state index in [1.807, 2.05) is 18.2 Å². The minimum atomic E-state index is 0.147. The number of methoxy groups -OCH3 is 1. The topological polar surface area (TPSA) is 44.5 Å². The van der Waals surface area contributed by atoms with Gasteiger partial charge in [0.2, 0.25) is 0 Å². The molecule has 3 nitrogen and oxygen atoms in total. The molecule has 2 atom stereocenters. The summed E-state index contributed by atoms with van der Waals surface area (Å²) in [6.45, 7) is 1.68. The lowest BCUT2D eigenvalue weighted by atomic mass is 9.90. The van der Waals surface area contributed by atoms with Gasteiger partial charge in [-0.25, -0.2) is 0 Å². The summed E-state index contributed by atoms with van der Waals surface area (Å²) < 4.78 is 11.8. The summed E-state index contributed by atoms with van der Waals surface area (Å²) in [5, 5.41) is 0. The van der Waals surface area contributed by atoms with E-state index < -0.39 is 0 Å². The van der Waals surface area contributed by atoms with Crippen molar-refractivity contribution in [2.75, 3.05) is 20.3 Å². The molecule has 0 aliphatic carbocycles. The van der Waals surface area contributed by atoms with E-state index in [9.17, 15) is 0 Å². The lowest BCUT2D eigenvalue weighted by Gasteiger charge is -2.27. The van der Waals surface area contributed by atoms with Gasteiger partial charge in [-0.1, -0.05) is 15.9 Å². The van der Waals surface area contributed by atoms with Crippen molar-refractivity contribution in [3.05, 3.63) is 28.2 Å². The van der Waals surface area contributed by atoms with Crippen molar-refractivity contribution < 1.29 is 9.47 Å². The molecule has 0 spiro atoms. The highest BCUT2D eigenvalue weighted by molar-refractivity contribution is 9.10. The van der Waals surface area contributed by atoms with Crippen LogP contribution in [-0.2, 0) is 11.2 Å². The summed E-state index contributed by atoms with van der Waals surface area (Å²) in [4.78, 5) is 0. The summed E-state index contributed by atoms with van der Waals surface area (Å²) in [7, 11) is 1.68. The molecule has 0 amide bonds. The molecule has 1 aliphatic heterocycles. The number of nitrogens with two attached hydrogens (primary N) is 1. The Bertz CT molecular complexity index is 391. The normalized spacial score (nSPS) is 21.6. The minimum Gasteiger partial charge on any atom is -0.497 e. The SMILES string of the molecule is COc1ccc(Br)c(CC(N)C2CCCOC2)c1. The molecule has 18 heavy (non-hydrogen) atoms. The van der Waals surface area contributed by atoms with Crippen LogP contribution in [0.2, 0.25) is 0 Å². The molecule has 2 unspecified atom stereocenters. The third kappa shape index (κ3) is 3.46. The molecule has 0 saturated carbocycles. The van der Waals surface area contributed by atoms with E-state index in [4.69, 9.17) is 15.2 Å². The van der Waals surface area contributed by atoms with Crippen LogP contribution in [0.15, 0.2) is 22.7 Å². The first-order valence-corrected chi connectivity index (χ1v) is 7.15. The number of hydrogen-bond donors (Lipinski definition) is 1. The Morgan fingerprint density at radius 1 is 1.56 bits per heavy atom. The van der Waals surface area contributed by atoms with E-state index in [0.29, 0.717) is 5.92 Å². The average molecular weight is 314 g/mol. The lowest BCUT2D eigenvalue weighted by molar-refractivity contribution is 0.0450. The Balaban J connectivity index is 2.03. The van der Waals surface area contributed by atoms with Gasteiger partial charge < -0.3 is 15.2 Å². The Labute approximate surface area is 117 Å². The van der Waals surface area contributed by atoms with Gasteiger partial charge in [0.1, 0.15) is 5.75 Å². The second-order valence-corrected chi connectivity index (χ2v) is 5.66. The summed E-state index contributed by atoms with van der Waals surface area (Å²) in [6.07, 6.45) is 3.15. The molecule has 1 aliphatic rings. The van der Waals surface area contributed by atoms with Gasteiger partial charge in [0.15, 0.2) is 0 Å². The van der Waals surface area contributed by atoms with Crippen molar-refractivity contribution >= 4 is 15.9 Å². The predicted octanol–water partition coefficient (Wildman–Crippen LogP) is 2.75. The summed E-state index contributed by atoms with van der Waals surface area (Å²) in [6, 6.07) is 6.16. The number of hydrogen-bond acceptors (Lipinski definition) is 3. The van der Waals surface area contributed by atoms with Crippen LogP contribution in [-0.4, -0.2) is 26.4 Å². The molecular formula is C14H20BrNO2. The standard InChI is InChI=1S/C14H20BrNO2/c1-17-12-4-5-13(15)11(7-12)8-14(16)10-3-2-6-18-9-10/h4-5,7,10,14H,2-3,6,8-9,16H2,1H3. The van der Waals surface area contributed by atoms with Crippen LogP contribution in [0.25, 0.3) is 0 Å². The molecule has 1 heterocycles. The lowest BCUT2D eigenvalue weighted by Crippen LogP contribution is -2.37. The zero-order valence-electron chi connectivity index (χ0n) is 10.7. The third-order valence-electron chi connectivity index (χ3n) is 3.51. The highest BCUT2D eigenvalue weighted by Crippen LogP contribution is 2.26. The smallest absolute Gasteiger partial charge is 0.119 e. The quantitative estimate of drug-likeness (QED) is 0.929. The number of rotatable bonds is 4. The molecule has 0 bridgehead atoms. The molecule has 4 heteroatoms. The fourth-order valence-corrected chi connectivity index (χ4v) is 2.77. The van der Waals surface area contributed by atoms with E-state index in [1.165, 1.54) is 12.0 Å². The molecular weight excluding hydrogens is 294 g/mol. The molecule has 0 aromatic heterocycles. The van der Waals surface area contributed by atoms with Crippen molar-refractivity contribution in [1.82, 2.24) is 0 Å². The summed E-state index contributed by atoms with van der Waals surface area (Å²) >= 11 is 3.57. The van der Waals surface area contributed by atoms with Crippen molar-refractivity contribution in [3.63, 3.8) is 0 Å². The first-order chi connectivity index (χ1) is 8.70. The summed E-state index contributed by atoms with van der Waals surface area (Å²) in [5.41, 5.74) is 7.50. The number of halogens is 1. The van der Waals surface area contributed by atoms with Crippen molar-refractivity contribution in [2.45, 2.75) is 25.3 Å². The third-order valence-corrected chi connectivity index (χ3v) is 4.28. The van der Waals surface area contributed by atoms with E-state index >= 15 is 0 Å². The van der Waals surface area contributed by atoms with E-state index in [-0.39, 0.29) is 6.04 Å². The van der Waals surface area contributed by atoms with Crippen LogP contribution in [0.5, 0.6) is 5.75 Å². The first kappa shape index (κ1) is 13.8. The van der Waals surface area contributed by atoms with Gasteiger partial charge in [-0.2, -0.15) is 0 Å². The van der Waals surface area contributed by atoms with Crippen LogP contribution >= 0.6 is 15.9 Å². The number of ether oxygens (including phenoxy) is 2. The zero-order valence-corrected chi connectivity index (χ0v) is 12.3. The van der Waals surface area contributed by atoms with Gasteiger partial charge in [0.25, 0.3) is 0 Å². The Morgan fingerprint density at radius 2 is 2.39 bits per heavy atom. The fourth-order valence-electron chi connectivity index (χ4n) is 2.36. The van der Waals surface area contributed by atoms with Crippen LogP contribution in [0.3, 0.4) is 0 Å². The molecule has 1 aromatic carbocycles.